The number of fused-ring (bicyclic) bond motifs is 2. The molecule has 0 atom stereocenters. The lowest BCUT2D eigenvalue weighted by Gasteiger charge is -2.12. The summed E-state index contributed by atoms with van der Waals surface area (Å²) in [5, 5.41) is 14.1. The van der Waals surface area contributed by atoms with Crippen LogP contribution in [0.5, 0.6) is 11.5 Å². The van der Waals surface area contributed by atoms with Crippen molar-refractivity contribution in [1.29, 1.82) is 0 Å². The summed E-state index contributed by atoms with van der Waals surface area (Å²) in [5.41, 5.74) is 0.155. The number of hydrogen-bond acceptors (Lipinski definition) is 6. The maximum Gasteiger partial charge on any atom is 0.257 e. The molecule has 0 saturated heterocycles. The van der Waals surface area contributed by atoms with E-state index in [9.17, 15) is 14.4 Å². The van der Waals surface area contributed by atoms with Crippen LogP contribution in [-0.2, 0) is 11.3 Å². The number of hydrogen-bond donors (Lipinski definition) is 3. The van der Waals surface area contributed by atoms with Crippen molar-refractivity contribution >= 4 is 22.7 Å². The fourth-order valence-corrected chi connectivity index (χ4v) is 2.83. The first-order valence-corrected chi connectivity index (χ1v) is 8.67. The minimum Gasteiger partial charge on any atom is -0.454 e. The number of carbonyl (C=O) groups is 2. The second-order valence-electron chi connectivity index (χ2n) is 5.99. The summed E-state index contributed by atoms with van der Waals surface area (Å²) in [6.07, 6.45) is 1.91. The van der Waals surface area contributed by atoms with Crippen molar-refractivity contribution in [3.8, 4) is 11.5 Å². The second kappa shape index (κ2) is 8.09. The molecule has 1 aromatic heterocycles. The summed E-state index contributed by atoms with van der Waals surface area (Å²) in [6.45, 7) is 2.55. The Balaban J connectivity index is 1.85. The van der Waals surface area contributed by atoms with E-state index in [1.165, 1.54) is 6.20 Å². The van der Waals surface area contributed by atoms with Gasteiger partial charge in [0.05, 0.1) is 17.4 Å². The van der Waals surface area contributed by atoms with Crippen molar-refractivity contribution in [2.75, 3.05) is 26.5 Å². The second-order valence-corrected chi connectivity index (χ2v) is 5.99. The zero-order valence-electron chi connectivity index (χ0n) is 14.9. The topological polar surface area (TPSA) is 119 Å². The number of aliphatic hydroxyl groups is 1. The van der Waals surface area contributed by atoms with Crippen LogP contribution in [-0.4, -0.2) is 48.0 Å². The minimum atomic E-state index is -0.626. The van der Waals surface area contributed by atoms with Gasteiger partial charge < -0.3 is 29.8 Å². The maximum absolute atomic E-state index is 12.8. The largest absolute Gasteiger partial charge is 0.454 e. The normalized spacial score (nSPS) is 12.2. The summed E-state index contributed by atoms with van der Waals surface area (Å²) >= 11 is 0. The predicted molar refractivity (Wildman–Crippen MR) is 97.1 cm³/mol. The number of aryl methyl sites for hydroxylation is 1. The zero-order chi connectivity index (χ0) is 19.4. The van der Waals surface area contributed by atoms with Gasteiger partial charge in [0.15, 0.2) is 11.5 Å². The SMILES string of the molecule is CCn1cc(C(=O)NCC(=O)NCCCO)c(=O)c2cc3c(cc21)OCO3. The van der Waals surface area contributed by atoms with Crippen LogP contribution in [0, 0.1) is 0 Å². The van der Waals surface area contributed by atoms with E-state index in [0.717, 1.165) is 0 Å². The smallest absolute Gasteiger partial charge is 0.257 e. The average Bonchev–Trinajstić information content (AvgIpc) is 3.13. The lowest BCUT2D eigenvalue weighted by molar-refractivity contribution is -0.120. The third-order valence-electron chi connectivity index (χ3n) is 4.23. The highest BCUT2D eigenvalue weighted by molar-refractivity contribution is 5.99. The molecule has 144 valence electrons. The lowest BCUT2D eigenvalue weighted by Crippen LogP contribution is -2.39. The Labute approximate surface area is 154 Å². The Bertz CT molecular complexity index is 937. The van der Waals surface area contributed by atoms with Crippen molar-refractivity contribution in [2.45, 2.75) is 19.9 Å². The van der Waals surface area contributed by atoms with Gasteiger partial charge in [0.1, 0.15) is 5.56 Å². The number of benzene rings is 1. The predicted octanol–water partition coefficient (Wildman–Crippen LogP) is -0.0215. The summed E-state index contributed by atoms with van der Waals surface area (Å²) in [5.74, 6) is -0.000209. The third-order valence-corrected chi connectivity index (χ3v) is 4.23. The van der Waals surface area contributed by atoms with Gasteiger partial charge in [-0.25, -0.2) is 0 Å². The Hall–Kier alpha value is -3.07. The van der Waals surface area contributed by atoms with E-state index in [4.69, 9.17) is 14.6 Å². The molecule has 3 rings (SSSR count). The summed E-state index contributed by atoms with van der Waals surface area (Å²) < 4.78 is 12.4. The highest BCUT2D eigenvalue weighted by atomic mass is 16.7. The van der Waals surface area contributed by atoms with Crippen LogP contribution in [0.25, 0.3) is 10.9 Å². The monoisotopic (exact) mass is 375 g/mol. The van der Waals surface area contributed by atoms with Crippen molar-refractivity contribution < 1.29 is 24.2 Å². The zero-order valence-corrected chi connectivity index (χ0v) is 14.9. The van der Waals surface area contributed by atoms with Crippen LogP contribution >= 0.6 is 0 Å². The van der Waals surface area contributed by atoms with Crippen LogP contribution in [0.3, 0.4) is 0 Å². The molecule has 0 bridgehead atoms. The van der Waals surface area contributed by atoms with Crippen LogP contribution in [0.15, 0.2) is 23.1 Å². The van der Waals surface area contributed by atoms with Crippen molar-refractivity contribution in [3.05, 3.63) is 34.1 Å². The highest BCUT2D eigenvalue weighted by Gasteiger charge is 2.20. The molecular weight excluding hydrogens is 354 g/mol. The number of pyridine rings is 1. The number of amides is 2. The first-order valence-electron chi connectivity index (χ1n) is 8.67. The Morgan fingerprint density at radius 2 is 1.96 bits per heavy atom. The van der Waals surface area contributed by atoms with E-state index in [1.807, 2.05) is 6.92 Å². The molecule has 0 unspecified atom stereocenters. The van der Waals surface area contributed by atoms with Crippen molar-refractivity contribution in [3.63, 3.8) is 0 Å². The number of aliphatic hydroxyl groups excluding tert-OH is 1. The number of nitrogens with zero attached hydrogens (tertiary/aromatic N) is 1. The average molecular weight is 375 g/mol. The molecule has 0 radical (unpaired) electrons. The van der Waals surface area contributed by atoms with Crippen molar-refractivity contribution in [2.24, 2.45) is 0 Å². The van der Waals surface area contributed by atoms with Gasteiger partial charge in [0.25, 0.3) is 5.91 Å². The molecule has 0 aliphatic carbocycles. The molecule has 27 heavy (non-hydrogen) atoms. The van der Waals surface area contributed by atoms with Gasteiger partial charge >= 0.3 is 0 Å². The van der Waals surface area contributed by atoms with Gasteiger partial charge in [-0.3, -0.25) is 14.4 Å². The molecule has 9 heteroatoms. The number of ether oxygens (including phenoxy) is 2. The Morgan fingerprint density at radius 1 is 1.22 bits per heavy atom. The van der Waals surface area contributed by atoms with Crippen LogP contribution in [0.4, 0.5) is 0 Å². The molecule has 0 spiro atoms. The van der Waals surface area contributed by atoms with E-state index < -0.39 is 17.2 Å². The van der Waals surface area contributed by atoms with Crippen molar-refractivity contribution in [1.82, 2.24) is 15.2 Å². The van der Waals surface area contributed by atoms with E-state index in [0.29, 0.717) is 41.9 Å². The van der Waals surface area contributed by atoms with E-state index in [2.05, 4.69) is 10.6 Å². The Morgan fingerprint density at radius 3 is 2.67 bits per heavy atom. The molecule has 2 heterocycles. The standard InChI is InChI=1S/C18H21N3O6/c1-2-21-9-12(18(25)20-8-16(23)19-4-3-5-22)17(24)11-6-14-15(7-13(11)21)27-10-26-14/h6-7,9,22H,2-5,8,10H2,1H3,(H,19,23)(H,20,25). The fourth-order valence-electron chi connectivity index (χ4n) is 2.83. The third kappa shape index (κ3) is 3.87. The molecule has 9 nitrogen and oxygen atoms in total. The van der Waals surface area contributed by atoms with Gasteiger partial charge in [-0.15, -0.1) is 0 Å². The summed E-state index contributed by atoms with van der Waals surface area (Å²) in [6, 6.07) is 3.30. The maximum atomic E-state index is 12.8. The van der Waals surface area contributed by atoms with Crippen LogP contribution in [0.2, 0.25) is 0 Å². The number of nitrogens with one attached hydrogen (secondary N) is 2. The first kappa shape index (κ1) is 18.7. The van der Waals surface area contributed by atoms with E-state index in [1.54, 1.807) is 16.7 Å². The highest BCUT2D eigenvalue weighted by Crippen LogP contribution is 2.35. The molecule has 1 aliphatic rings. The van der Waals surface area contributed by atoms with Crippen LogP contribution < -0.4 is 25.5 Å². The molecule has 3 N–H and O–H groups in total. The Kier molecular flexibility index (Phi) is 5.60. The van der Waals surface area contributed by atoms with E-state index >= 15 is 0 Å². The molecule has 1 aliphatic heterocycles. The number of aromatic nitrogens is 1. The molecule has 1 aromatic carbocycles. The molecule has 0 saturated carbocycles. The van der Waals surface area contributed by atoms with Crippen LogP contribution in [0.1, 0.15) is 23.7 Å². The quantitative estimate of drug-likeness (QED) is 0.585. The first-order chi connectivity index (χ1) is 13.0. The van der Waals surface area contributed by atoms with Gasteiger partial charge in [0.2, 0.25) is 18.1 Å². The van der Waals surface area contributed by atoms with Gasteiger partial charge in [-0.2, -0.15) is 0 Å². The molecular formula is C18H21N3O6. The minimum absolute atomic E-state index is 0.0290. The molecule has 2 aromatic rings. The lowest BCUT2D eigenvalue weighted by atomic mass is 10.1. The molecule has 0 fully saturated rings. The summed E-state index contributed by atoms with van der Waals surface area (Å²) in [4.78, 5) is 36.9. The fraction of sp³-hybridized carbons (Fsp3) is 0.389. The number of rotatable bonds is 7. The van der Waals surface area contributed by atoms with Gasteiger partial charge in [-0.1, -0.05) is 0 Å². The van der Waals surface area contributed by atoms with Gasteiger partial charge in [0, 0.05) is 32.0 Å². The number of carbonyl (C=O) groups excluding carboxylic acids is 2. The van der Waals surface area contributed by atoms with E-state index in [-0.39, 0.29) is 25.5 Å². The molecule has 2 amide bonds. The van der Waals surface area contributed by atoms with Gasteiger partial charge in [-0.05, 0) is 19.4 Å². The summed E-state index contributed by atoms with van der Waals surface area (Å²) in [7, 11) is 0.